The van der Waals surface area contributed by atoms with Gasteiger partial charge in [-0.3, -0.25) is 0 Å². The van der Waals surface area contributed by atoms with E-state index < -0.39 is 23.2 Å². The average Bonchev–Trinajstić information content (AvgIpc) is 3.80. The van der Waals surface area contributed by atoms with Crippen LogP contribution in [0.1, 0.15) is 60.1 Å². The van der Waals surface area contributed by atoms with E-state index in [-0.39, 0.29) is 23.0 Å². The quantitative estimate of drug-likeness (QED) is 0.0351. The van der Waals surface area contributed by atoms with Gasteiger partial charge in [-0.05, 0) is 119 Å². The number of oxime groups is 2. The molecule has 8 nitrogen and oxygen atoms in total. The molecule has 0 saturated heterocycles. The summed E-state index contributed by atoms with van der Waals surface area (Å²) in [6, 6.07) is 17.9. The van der Waals surface area contributed by atoms with Crippen LogP contribution in [0.5, 0.6) is 11.5 Å². The van der Waals surface area contributed by atoms with Crippen LogP contribution >= 0.6 is 22.7 Å². The van der Waals surface area contributed by atoms with Crippen molar-refractivity contribution in [3.8, 4) is 54.6 Å². The Balaban J connectivity index is 0.000000211. The molecule has 2 aromatic heterocycles. The van der Waals surface area contributed by atoms with E-state index in [1.165, 1.54) is 34.8 Å². The molecule has 0 aliphatic carbocycles. The summed E-state index contributed by atoms with van der Waals surface area (Å²) in [5.74, 6) is -3.99. The zero-order valence-electron chi connectivity index (χ0n) is 30.6. The van der Waals surface area contributed by atoms with Gasteiger partial charge < -0.3 is 32.1 Å². The maximum Gasteiger partial charge on any atom is 0.200 e. The lowest BCUT2D eigenvalue weighted by Crippen LogP contribution is -2.15. The van der Waals surface area contributed by atoms with Crippen LogP contribution in [0, 0.1) is 31.3 Å². The van der Waals surface area contributed by atoms with E-state index in [4.69, 9.17) is 11.5 Å². The van der Waals surface area contributed by atoms with Crippen molar-refractivity contribution in [1.29, 1.82) is 0 Å². The Labute approximate surface area is 325 Å². The second-order valence-corrected chi connectivity index (χ2v) is 14.7. The first-order valence-corrected chi connectivity index (χ1v) is 19.2. The number of nitrogens with two attached hydrogens (primary N) is 2. The summed E-state index contributed by atoms with van der Waals surface area (Å²) in [4.78, 5) is 1.75. The highest BCUT2D eigenvalue weighted by Gasteiger charge is 2.24. The van der Waals surface area contributed by atoms with Gasteiger partial charge in [0.2, 0.25) is 5.82 Å². The Morgan fingerprint density at radius 2 is 1.09 bits per heavy atom. The van der Waals surface area contributed by atoms with Crippen LogP contribution in [0.2, 0.25) is 0 Å². The van der Waals surface area contributed by atoms with Crippen LogP contribution in [0.25, 0.3) is 43.1 Å². The van der Waals surface area contributed by atoms with E-state index in [0.29, 0.717) is 39.8 Å². The second-order valence-electron chi connectivity index (χ2n) is 12.9. The predicted octanol–water partition coefficient (Wildman–Crippen LogP) is 10.7. The fourth-order valence-corrected chi connectivity index (χ4v) is 8.42. The highest BCUT2D eigenvalue weighted by atomic mass is 32.1. The maximum absolute atomic E-state index is 14.8. The number of phenols is 2. The number of hydrogen-bond acceptors (Lipinski definition) is 8. The minimum absolute atomic E-state index is 0.00282. The van der Waals surface area contributed by atoms with Gasteiger partial charge in [0.05, 0.1) is 0 Å². The summed E-state index contributed by atoms with van der Waals surface area (Å²) in [6.45, 7) is 7.93. The number of aryl methyl sites for hydroxylation is 4. The van der Waals surface area contributed by atoms with Gasteiger partial charge in [0.25, 0.3) is 0 Å². The molecule has 2 heterocycles. The Morgan fingerprint density at radius 3 is 1.51 bits per heavy atom. The monoisotopic (exact) mass is 786 g/mol. The smallest absolute Gasteiger partial charge is 0.200 e. The average molecular weight is 787 g/mol. The van der Waals surface area contributed by atoms with E-state index >= 15 is 0 Å². The number of aromatic hydroxyl groups is 2. The molecular weight excluding hydrogens is 746 g/mol. The van der Waals surface area contributed by atoms with E-state index in [0.717, 1.165) is 69.0 Å². The van der Waals surface area contributed by atoms with Gasteiger partial charge >= 0.3 is 0 Å². The number of benzene rings is 4. The first-order valence-electron chi connectivity index (χ1n) is 17.4. The van der Waals surface area contributed by atoms with Gasteiger partial charge in [-0.1, -0.05) is 49.1 Å². The molecule has 0 saturated carbocycles. The predicted molar refractivity (Wildman–Crippen MR) is 216 cm³/mol. The summed E-state index contributed by atoms with van der Waals surface area (Å²) in [5.41, 5.74) is 19.5. The Bertz CT molecular complexity index is 2400. The molecule has 8 N–H and O–H groups in total. The summed E-state index contributed by atoms with van der Waals surface area (Å²) in [6.07, 6.45) is 3.20. The van der Waals surface area contributed by atoms with Crippen molar-refractivity contribution in [1.82, 2.24) is 0 Å². The lowest BCUT2D eigenvalue weighted by molar-refractivity contribution is 0.318. The minimum atomic E-state index is -1.31. The van der Waals surface area contributed by atoms with E-state index in [9.17, 15) is 33.8 Å². The molecule has 286 valence electrons. The van der Waals surface area contributed by atoms with Crippen molar-refractivity contribution in [2.45, 2.75) is 53.4 Å². The van der Waals surface area contributed by atoms with E-state index in [1.807, 2.05) is 61.9 Å². The van der Waals surface area contributed by atoms with Gasteiger partial charge in [0.15, 0.2) is 23.2 Å². The Kier molecular flexibility index (Phi) is 12.9. The van der Waals surface area contributed by atoms with Crippen LogP contribution in [0.15, 0.2) is 87.8 Å². The van der Waals surface area contributed by atoms with Crippen LogP contribution in [-0.2, 0) is 12.8 Å². The third-order valence-corrected chi connectivity index (χ3v) is 11.1. The second kappa shape index (κ2) is 17.6. The highest BCUT2D eigenvalue weighted by Crippen LogP contribution is 2.44. The molecular formula is C42H41F3N4O4S2. The molecule has 0 bridgehead atoms. The number of hydrogen-bond donors (Lipinski definition) is 6. The third kappa shape index (κ3) is 8.48. The van der Waals surface area contributed by atoms with Crippen molar-refractivity contribution >= 4 is 34.3 Å². The lowest BCUT2D eigenvalue weighted by atomic mass is 9.89. The molecule has 0 aliphatic rings. The molecule has 4 aromatic carbocycles. The molecule has 0 unspecified atom stereocenters. The maximum atomic E-state index is 14.8. The lowest BCUT2D eigenvalue weighted by Gasteiger charge is -2.18. The minimum Gasteiger partial charge on any atom is -0.508 e. The number of amidine groups is 2. The summed E-state index contributed by atoms with van der Waals surface area (Å²) in [7, 11) is 0. The molecule has 0 fully saturated rings. The van der Waals surface area contributed by atoms with Gasteiger partial charge in [-0.2, -0.15) is 4.39 Å². The number of halogens is 3. The van der Waals surface area contributed by atoms with Gasteiger partial charge in [-0.25, -0.2) is 8.78 Å². The highest BCUT2D eigenvalue weighted by molar-refractivity contribution is 7.14. The molecule has 55 heavy (non-hydrogen) atoms. The van der Waals surface area contributed by atoms with Crippen LogP contribution < -0.4 is 11.5 Å². The van der Waals surface area contributed by atoms with Gasteiger partial charge in [0, 0.05) is 49.2 Å². The van der Waals surface area contributed by atoms with Crippen LogP contribution in [-0.4, -0.2) is 32.3 Å². The van der Waals surface area contributed by atoms with Crippen molar-refractivity contribution in [2.75, 3.05) is 0 Å². The molecule has 0 radical (unpaired) electrons. The number of thiophene rings is 2. The summed E-state index contributed by atoms with van der Waals surface area (Å²) < 4.78 is 43.6. The number of rotatable bonds is 10. The number of nitrogens with zero attached hydrogens (tertiary/aromatic N) is 2. The molecule has 0 amide bonds. The SMILES string of the molecule is CCCc1cc(C(N)=NO)c(-c2sccc2C)c(-c2ccc(O)c(F)c2F)c1.CCCc1cc(C(N)=NO)c(-c2sccc2C)c(-c2ccc(O)cc2F)c1. The fourth-order valence-electron chi connectivity index (χ4n) is 6.42. The van der Waals surface area contributed by atoms with Gasteiger partial charge in [-0.15, -0.1) is 22.7 Å². The zero-order chi connectivity index (χ0) is 40.0. The van der Waals surface area contributed by atoms with Crippen LogP contribution in [0.4, 0.5) is 13.2 Å². The number of phenolic OH excluding ortho intramolecular Hbond substituents is 2. The molecule has 0 atom stereocenters. The summed E-state index contributed by atoms with van der Waals surface area (Å²) in [5, 5.41) is 47.9. The fraction of sp³-hybridized carbons (Fsp3) is 0.190. The first-order chi connectivity index (χ1) is 26.3. The van der Waals surface area contributed by atoms with Crippen molar-refractivity contribution in [3.05, 3.63) is 128 Å². The molecule has 0 spiro atoms. The molecule has 6 aromatic rings. The van der Waals surface area contributed by atoms with Crippen molar-refractivity contribution in [2.24, 2.45) is 21.8 Å². The van der Waals surface area contributed by atoms with Gasteiger partial charge in [0.1, 0.15) is 11.6 Å². The van der Waals surface area contributed by atoms with Crippen LogP contribution in [0.3, 0.4) is 0 Å². The van der Waals surface area contributed by atoms with E-state index in [2.05, 4.69) is 17.2 Å². The first kappa shape index (κ1) is 40.4. The molecule has 13 heteroatoms. The Morgan fingerprint density at radius 1 is 0.618 bits per heavy atom. The molecule has 6 rings (SSSR count). The van der Waals surface area contributed by atoms with E-state index in [1.54, 1.807) is 12.1 Å². The summed E-state index contributed by atoms with van der Waals surface area (Å²) >= 11 is 2.95. The largest absolute Gasteiger partial charge is 0.508 e. The standard InChI is InChI=1S/C21H20F2N2O2S.C21H21FN2O2S/c1-3-4-12-9-14(13-5-6-16(26)19(23)18(13)22)17(15(10-12)21(24)25-27)20-11(2)7-8-28-20;1-3-4-13-9-16(15-6-5-14(25)11-18(15)22)19(17(10-13)21(23)24-26)20-12(2)7-8-27-20/h5-10,26-27H,3-4H2,1-2H3,(H2,24,25);5-11,25-26H,3-4H2,1-2H3,(H2,23,24). The van der Waals surface area contributed by atoms with Crippen molar-refractivity contribution < 1.29 is 33.8 Å². The Hall–Kier alpha value is -5.79. The third-order valence-electron chi connectivity index (χ3n) is 9.01. The van der Waals surface area contributed by atoms with Crippen molar-refractivity contribution in [3.63, 3.8) is 0 Å². The normalized spacial score (nSPS) is 11.8. The topological polar surface area (TPSA) is 158 Å². The molecule has 0 aliphatic heterocycles. The zero-order valence-corrected chi connectivity index (χ0v) is 32.3.